The summed E-state index contributed by atoms with van der Waals surface area (Å²) in [7, 11) is 1.62. The lowest BCUT2D eigenvalue weighted by Crippen LogP contribution is -2.25. The summed E-state index contributed by atoms with van der Waals surface area (Å²) in [5.74, 6) is 0.663. The third kappa shape index (κ3) is 4.06. The van der Waals surface area contributed by atoms with E-state index in [0.29, 0.717) is 18.1 Å². The van der Waals surface area contributed by atoms with Gasteiger partial charge in [-0.1, -0.05) is 30.3 Å². The second-order valence-corrected chi connectivity index (χ2v) is 7.55. The Morgan fingerprint density at radius 1 is 1.13 bits per heavy atom. The Labute approximate surface area is 181 Å². The van der Waals surface area contributed by atoms with Crippen LogP contribution in [0.3, 0.4) is 0 Å². The number of aromatic nitrogens is 1. The van der Waals surface area contributed by atoms with Crippen LogP contribution in [0.15, 0.2) is 59.5 Å². The molecule has 0 radical (unpaired) electrons. The lowest BCUT2D eigenvalue weighted by Gasteiger charge is -2.29. The molecule has 31 heavy (non-hydrogen) atoms. The van der Waals surface area contributed by atoms with E-state index in [0.717, 1.165) is 28.8 Å². The van der Waals surface area contributed by atoms with Crippen molar-refractivity contribution in [3.63, 3.8) is 0 Å². The zero-order valence-corrected chi connectivity index (χ0v) is 17.9. The molecule has 1 aliphatic heterocycles. The van der Waals surface area contributed by atoms with Gasteiger partial charge in [-0.15, -0.1) is 0 Å². The number of methoxy groups -OCH3 is 1. The minimum atomic E-state index is -0.595. The molecule has 0 N–H and O–H groups in total. The predicted molar refractivity (Wildman–Crippen MR) is 118 cm³/mol. The van der Waals surface area contributed by atoms with Gasteiger partial charge in [-0.25, -0.2) is 4.79 Å². The summed E-state index contributed by atoms with van der Waals surface area (Å²) >= 11 is 0. The average Bonchev–Trinajstić information content (AvgIpc) is 2.78. The van der Waals surface area contributed by atoms with Gasteiger partial charge in [-0.2, -0.15) is 0 Å². The van der Waals surface area contributed by atoms with Crippen molar-refractivity contribution in [3.8, 4) is 22.8 Å². The predicted octanol–water partition coefficient (Wildman–Crippen LogP) is 4.40. The average molecular weight is 419 g/mol. The molecule has 0 spiro atoms. The Morgan fingerprint density at radius 3 is 2.61 bits per heavy atom. The highest BCUT2D eigenvalue weighted by Gasteiger charge is 2.26. The zero-order chi connectivity index (χ0) is 22.0. The first-order chi connectivity index (χ1) is 15.0. The van der Waals surface area contributed by atoms with Gasteiger partial charge >= 0.3 is 5.97 Å². The number of fused-ring (bicyclic) bond motifs is 3. The quantitative estimate of drug-likeness (QED) is 0.554. The molecule has 6 nitrogen and oxygen atoms in total. The Balaban J connectivity index is 1.76. The van der Waals surface area contributed by atoms with Crippen LogP contribution in [0, 0.1) is 0 Å². The molecule has 0 amide bonds. The maximum absolute atomic E-state index is 12.7. The largest absolute Gasteiger partial charge is 0.493 e. The van der Waals surface area contributed by atoms with Gasteiger partial charge in [0, 0.05) is 23.9 Å². The van der Waals surface area contributed by atoms with Crippen LogP contribution in [-0.4, -0.2) is 24.3 Å². The fourth-order valence-electron chi connectivity index (χ4n) is 3.93. The lowest BCUT2D eigenvalue weighted by atomic mass is 9.92. The van der Waals surface area contributed by atoms with Crippen LogP contribution in [0.4, 0.5) is 0 Å². The van der Waals surface area contributed by atoms with Gasteiger partial charge in [0.05, 0.1) is 19.4 Å². The second kappa shape index (κ2) is 8.68. The van der Waals surface area contributed by atoms with Crippen molar-refractivity contribution in [2.24, 2.45) is 0 Å². The first-order valence-corrected chi connectivity index (χ1v) is 10.3. The van der Waals surface area contributed by atoms with Crippen LogP contribution < -0.4 is 14.9 Å². The summed E-state index contributed by atoms with van der Waals surface area (Å²) in [6, 6.07) is 15.4. The number of ether oxygens (including phenoxy) is 3. The van der Waals surface area contributed by atoms with E-state index in [9.17, 15) is 9.59 Å². The SMILES string of the molecule is CCOC(=O)c1cn2c(cc1=O)-c1cc(OCc3ccccc3)c(OC)cc1CC2C. The molecule has 1 aliphatic rings. The second-order valence-electron chi connectivity index (χ2n) is 7.55. The van der Waals surface area contributed by atoms with E-state index in [1.54, 1.807) is 20.2 Å². The molecule has 0 fully saturated rings. The highest BCUT2D eigenvalue weighted by molar-refractivity contribution is 5.89. The number of carbonyl (C=O) groups is 1. The van der Waals surface area contributed by atoms with Crippen LogP contribution in [-0.2, 0) is 17.8 Å². The first-order valence-electron chi connectivity index (χ1n) is 10.3. The number of pyridine rings is 1. The number of carbonyl (C=O) groups excluding carboxylic acids is 1. The van der Waals surface area contributed by atoms with Crippen molar-refractivity contribution >= 4 is 5.97 Å². The van der Waals surface area contributed by atoms with E-state index < -0.39 is 5.97 Å². The summed E-state index contributed by atoms with van der Waals surface area (Å²) in [6.45, 7) is 4.40. The van der Waals surface area contributed by atoms with Crippen LogP contribution in [0.2, 0.25) is 0 Å². The van der Waals surface area contributed by atoms with E-state index in [-0.39, 0.29) is 23.6 Å². The Morgan fingerprint density at radius 2 is 1.90 bits per heavy atom. The van der Waals surface area contributed by atoms with Crippen LogP contribution >= 0.6 is 0 Å². The minimum absolute atomic E-state index is 0.0509. The van der Waals surface area contributed by atoms with Crippen LogP contribution in [0.25, 0.3) is 11.3 Å². The Hall–Kier alpha value is -3.54. The molecule has 0 saturated carbocycles. The molecule has 6 heteroatoms. The fraction of sp³-hybridized carbons (Fsp3) is 0.280. The highest BCUT2D eigenvalue weighted by atomic mass is 16.5. The van der Waals surface area contributed by atoms with Crippen LogP contribution in [0.1, 0.15) is 41.4 Å². The third-order valence-electron chi connectivity index (χ3n) is 5.47. The molecule has 2 heterocycles. The van der Waals surface area contributed by atoms with Crippen molar-refractivity contribution in [2.45, 2.75) is 32.9 Å². The number of hydrogen-bond acceptors (Lipinski definition) is 5. The van der Waals surface area contributed by atoms with Gasteiger partial charge in [-0.05, 0) is 43.5 Å². The molecule has 1 aromatic heterocycles. The van der Waals surface area contributed by atoms with Gasteiger partial charge < -0.3 is 18.8 Å². The van der Waals surface area contributed by atoms with Crippen molar-refractivity contribution in [2.75, 3.05) is 13.7 Å². The van der Waals surface area contributed by atoms with E-state index in [1.165, 1.54) is 6.07 Å². The van der Waals surface area contributed by atoms with Gasteiger partial charge in [0.2, 0.25) is 0 Å². The highest BCUT2D eigenvalue weighted by Crippen LogP contribution is 2.41. The molecular formula is C25H25NO5. The van der Waals surface area contributed by atoms with Crippen LogP contribution in [0.5, 0.6) is 11.5 Å². The minimum Gasteiger partial charge on any atom is -0.493 e. The van der Waals surface area contributed by atoms with E-state index >= 15 is 0 Å². The standard InChI is InChI=1S/C25H25NO5/c1-4-30-25(28)20-14-26-16(2)10-18-11-23(29-3)24(12-19(18)21(26)13-22(20)27)31-15-17-8-6-5-7-9-17/h5-9,11-14,16H,4,10,15H2,1-3H3. The maximum Gasteiger partial charge on any atom is 0.343 e. The summed E-state index contributed by atoms with van der Waals surface area (Å²) in [6.07, 6.45) is 2.35. The van der Waals surface area contributed by atoms with E-state index in [1.807, 2.05) is 47.0 Å². The summed E-state index contributed by atoms with van der Waals surface area (Å²) in [4.78, 5) is 24.9. The Bertz CT molecular complexity index is 1170. The molecule has 2 aromatic carbocycles. The Kier molecular flexibility index (Phi) is 5.80. The number of benzene rings is 2. The molecule has 4 rings (SSSR count). The van der Waals surface area contributed by atoms with Gasteiger partial charge in [0.15, 0.2) is 16.9 Å². The van der Waals surface area contributed by atoms with Gasteiger partial charge in [-0.3, -0.25) is 4.79 Å². The molecule has 160 valence electrons. The van der Waals surface area contributed by atoms with Crippen molar-refractivity contribution in [3.05, 3.63) is 81.6 Å². The molecule has 1 atom stereocenters. The third-order valence-corrected chi connectivity index (χ3v) is 5.47. The number of rotatable bonds is 6. The number of nitrogens with zero attached hydrogens (tertiary/aromatic N) is 1. The smallest absolute Gasteiger partial charge is 0.343 e. The van der Waals surface area contributed by atoms with E-state index in [4.69, 9.17) is 14.2 Å². The van der Waals surface area contributed by atoms with Crippen molar-refractivity contribution < 1.29 is 19.0 Å². The zero-order valence-electron chi connectivity index (χ0n) is 17.9. The first kappa shape index (κ1) is 20.7. The number of esters is 1. The molecule has 0 aliphatic carbocycles. The van der Waals surface area contributed by atoms with E-state index in [2.05, 4.69) is 6.92 Å². The molecular weight excluding hydrogens is 394 g/mol. The van der Waals surface area contributed by atoms with Gasteiger partial charge in [0.25, 0.3) is 0 Å². The van der Waals surface area contributed by atoms with Crippen molar-refractivity contribution in [1.29, 1.82) is 0 Å². The summed E-state index contributed by atoms with van der Waals surface area (Å²) in [5.41, 5.74) is 3.46. The molecule has 0 saturated heterocycles. The summed E-state index contributed by atoms with van der Waals surface area (Å²) in [5, 5.41) is 0. The topological polar surface area (TPSA) is 66.8 Å². The fourth-order valence-corrected chi connectivity index (χ4v) is 3.93. The van der Waals surface area contributed by atoms with Crippen molar-refractivity contribution in [1.82, 2.24) is 4.57 Å². The number of hydrogen-bond donors (Lipinski definition) is 0. The maximum atomic E-state index is 12.7. The molecule has 0 bridgehead atoms. The monoisotopic (exact) mass is 419 g/mol. The summed E-state index contributed by atoms with van der Waals surface area (Å²) < 4.78 is 18.6. The molecule has 1 unspecified atom stereocenters. The normalized spacial score (nSPS) is 14.4. The lowest BCUT2D eigenvalue weighted by molar-refractivity contribution is 0.0523. The molecule has 3 aromatic rings. The van der Waals surface area contributed by atoms with Gasteiger partial charge in [0.1, 0.15) is 12.2 Å².